The molecule has 0 saturated heterocycles. The Balaban J connectivity index is 2.01. The third-order valence-corrected chi connectivity index (χ3v) is 4.47. The molecule has 0 amide bonds. The monoisotopic (exact) mass is 321 g/mol. The Labute approximate surface area is 132 Å². The number of halogens is 1. The van der Waals surface area contributed by atoms with Gasteiger partial charge >= 0.3 is 5.97 Å². The second kappa shape index (κ2) is 5.11. The SMILES string of the molecule is CN(C)CC1(C(=O)c2cc(Cl)c3occc3c2)CC1C(=O)O. The van der Waals surface area contributed by atoms with Gasteiger partial charge in [0.15, 0.2) is 11.4 Å². The lowest BCUT2D eigenvalue weighted by molar-refractivity contribution is -0.139. The third kappa shape index (κ3) is 2.30. The highest BCUT2D eigenvalue weighted by molar-refractivity contribution is 6.35. The standard InChI is InChI=1S/C16H16ClNO4/c1-18(2)8-16(7-11(16)15(20)21)14(19)10-5-9-3-4-22-13(9)12(17)6-10/h3-6,11H,7-8H2,1-2H3,(H,20,21). The first-order chi connectivity index (χ1) is 10.3. The number of Topliss-reactive ketones (excluding diaryl/α,β-unsaturated/α-hetero) is 1. The van der Waals surface area contributed by atoms with Gasteiger partial charge in [-0.3, -0.25) is 9.59 Å². The van der Waals surface area contributed by atoms with Gasteiger partial charge in [-0.05, 0) is 38.7 Å². The average Bonchev–Trinajstić information content (AvgIpc) is 2.95. The quantitative estimate of drug-likeness (QED) is 0.857. The van der Waals surface area contributed by atoms with E-state index in [-0.39, 0.29) is 5.78 Å². The zero-order valence-electron chi connectivity index (χ0n) is 12.3. The van der Waals surface area contributed by atoms with Crippen LogP contribution in [0.25, 0.3) is 11.0 Å². The molecule has 1 heterocycles. The van der Waals surface area contributed by atoms with Crippen LogP contribution < -0.4 is 0 Å². The molecule has 0 aliphatic heterocycles. The molecule has 1 aromatic carbocycles. The first-order valence-electron chi connectivity index (χ1n) is 6.94. The van der Waals surface area contributed by atoms with E-state index >= 15 is 0 Å². The number of fused-ring (bicyclic) bond motifs is 1. The van der Waals surface area contributed by atoms with Crippen molar-refractivity contribution >= 4 is 34.3 Å². The van der Waals surface area contributed by atoms with Gasteiger partial charge in [0.1, 0.15) is 0 Å². The largest absolute Gasteiger partial charge is 0.481 e. The Kier molecular flexibility index (Phi) is 3.50. The maximum Gasteiger partial charge on any atom is 0.307 e. The average molecular weight is 322 g/mol. The number of carboxylic acids is 1. The fraction of sp³-hybridized carbons (Fsp3) is 0.375. The van der Waals surface area contributed by atoms with Gasteiger partial charge in [-0.25, -0.2) is 0 Å². The van der Waals surface area contributed by atoms with E-state index in [4.69, 9.17) is 16.0 Å². The summed E-state index contributed by atoms with van der Waals surface area (Å²) in [5.41, 5.74) is 0.103. The summed E-state index contributed by atoms with van der Waals surface area (Å²) in [5, 5.41) is 10.4. The molecule has 1 aliphatic rings. The van der Waals surface area contributed by atoms with Crippen molar-refractivity contribution in [3.05, 3.63) is 35.0 Å². The maximum absolute atomic E-state index is 12.9. The van der Waals surface area contributed by atoms with Crippen molar-refractivity contribution in [1.29, 1.82) is 0 Å². The van der Waals surface area contributed by atoms with E-state index in [1.54, 1.807) is 18.2 Å². The van der Waals surface area contributed by atoms with Gasteiger partial charge in [0, 0.05) is 17.5 Å². The molecule has 1 N–H and O–H groups in total. The Morgan fingerprint density at radius 1 is 1.45 bits per heavy atom. The van der Waals surface area contributed by atoms with Gasteiger partial charge in [0.2, 0.25) is 0 Å². The molecule has 6 heteroatoms. The molecule has 0 bridgehead atoms. The van der Waals surface area contributed by atoms with Crippen LogP contribution in [0.1, 0.15) is 16.8 Å². The number of carbonyl (C=O) groups is 2. The molecule has 2 unspecified atom stereocenters. The molecule has 3 rings (SSSR count). The number of ketones is 1. The second-order valence-electron chi connectivity index (χ2n) is 6.12. The summed E-state index contributed by atoms with van der Waals surface area (Å²) in [4.78, 5) is 26.1. The van der Waals surface area contributed by atoms with Crippen molar-refractivity contribution < 1.29 is 19.1 Å². The molecule has 1 saturated carbocycles. The zero-order chi connectivity index (χ0) is 16.1. The van der Waals surface area contributed by atoms with Gasteiger partial charge < -0.3 is 14.4 Å². The number of carbonyl (C=O) groups excluding carboxylic acids is 1. The number of carboxylic acid groups (broad SMARTS) is 1. The lowest BCUT2D eigenvalue weighted by atomic mass is 9.91. The summed E-state index contributed by atoms with van der Waals surface area (Å²) in [6.07, 6.45) is 1.87. The number of hydrogen-bond donors (Lipinski definition) is 1. The number of furan rings is 1. The van der Waals surface area contributed by atoms with Gasteiger partial charge in [-0.1, -0.05) is 11.6 Å². The van der Waals surface area contributed by atoms with E-state index in [0.29, 0.717) is 29.1 Å². The van der Waals surface area contributed by atoms with Crippen LogP contribution in [-0.4, -0.2) is 42.4 Å². The van der Waals surface area contributed by atoms with Crippen LogP contribution in [0, 0.1) is 11.3 Å². The van der Waals surface area contributed by atoms with Gasteiger partial charge in [-0.15, -0.1) is 0 Å². The van der Waals surface area contributed by atoms with Crippen LogP contribution in [0.3, 0.4) is 0 Å². The van der Waals surface area contributed by atoms with Crippen LogP contribution in [0.2, 0.25) is 5.02 Å². The molecule has 116 valence electrons. The summed E-state index contributed by atoms with van der Waals surface area (Å²) in [7, 11) is 3.66. The molecule has 1 fully saturated rings. The molecule has 2 atom stereocenters. The number of rotatable bonds is 5. The summed E-state index contributed by atoms with van der Waals surface area (Å²) in [6, 6.07) is 5.00. The fourth-order valence-corrected chi connectivity index (χ4v) is 3.42. The van der Waals surface area contributed by atoms with Crippen molar-refractivity contribution in [1.82, 2.24) is 4.90 Å². The van der Waals surface area contributed by atoms with E-state index in [1.807, 2.05) is 19.0 Å². The Morgan fingerprint density at radius 3 is 2.77 bits per heavy atom. The van der Waals surface area contributed by atoms with Crippen molar-refractivity contribution in [2.75, 3.05) is 20.6 Å². The lowest BCUT2D eigenvalue weighted by Gasteiger charge is -2.20. The highest BCUT2D eigenvalue weighted by Gasteiger charge is 2.63. The number of aliphatic carboxylic acids is 1. The molecule has 0 radical (unpaired) electrons. The summed E-state index contributed by atoms with van der Waals surface area (Å²) in [6.45, 7) is 0.407. The van der Waals surface area contributed by atoms with Crippen LogP contribution in [-0.2, 0) is 4.79 Å². The van der Waals surface area contributed by atoms with E-state index in [9.17, 15) is 14.7 Å². The molecule has 2 aromatic rings. The molecule has 5 nitrogen and oxygen atoms in total. The smallest absolute Gasteiger partial charge is 0.307 e. The molecule has 1 aromatic heterocycles. The Morgan fingerprint density at radius 2 is 2.18 bits per heavy atom. The van der Waals surface area contributed by atoms with Crippen molar-refractivity contribution in [3.63, 3.8) is 0 Å². The highest BCUT2D eigenvalue weighted by atomic mass is 35.5. The van der Waals surface area contributed by atoms with Crippen molar-refractivity contribution in [3.8, 4) is 0 Å². The zero-order valence-corrected chi connectivity index (χ0v) is 13.1. The highest BCUT2D eigenvalue weighted by Crippen LogP contribution is 2.55. The molecule has 0 spiro atoms. The normalized spacial score (nSPS) is 23.9. The summed E-state index contributed by atoms with van der Waals surface area (Å²) >= 11 is 6.15. The van der Waals surface area contributed by atoms with Crippen molar-refractivity contribution in [2.45, 2.75) is 6.42 Å². The van der Waals surface area contributed by atoms with Crippen LogP contribution in [0.5, 0.6) is 0 Å². The Hall–Kier alpha value is -1.85. The van der Waals surface area contributed by atoms with E-state index < -0.39 is 17.3 Å². The topological polar surface area (TPSA) is 70.8 Å². The summed E-state index contributed by atoms with van der Waals surface area (Å²) < 4.78 is 5.26. The van der Waals surface area contributed by atoms with E-state index in [2.05, 4.69) is 0 Å². The summed E-state index contributed by atoms with van der Waals surface area (Å²) in [5.74, 6) is -1.73. The van der Waals surface area contributed by atoms with Crippen molar-refractivity contribution in [2.24, 2.45) is 11.3 Å². The molecular weight excluding hydrogens is 306 g/mol. The predicted octanol–water partition coefficient (Wildman–Crippen LogP) is 2.92. The number of nitrogens with zero attached hydrogens (tertiary/aromatic N) is 1. The van der Waals surface area contributed by atoms with Crippen LogP contribution in [0.15, 0.2) is 28.9 Å². The van der Waals surface area contributed by atoms with Gasteiger partial charge in [0.25, 0.3) is 0 Å². The predicted molar refractivity (Wildman–Crippen MR) is 82.3 cm³/mol. The third-order valence-electron chi connectivity index (χ3n) is 4.19. The van der Waals surface area contributed by atoms with Gasteiger partial charge in [-0.2, -0.15) is 0 Å². The Bertz CT molecular complexity index is 767. The van der Waals surface area contributed by atoms with E-state index in [0.717, 1.165) is 5.39 Å². The fourth-order valence-electron chi connectivity index (χ4n) is 3.15. The van der Waals surface area contributed by atoms with E-state index in [1.165, 1.54) is 6.26 Å². The second-order valence-corrected chi connectivity index (χ2v) is 6.52. The molecular formula is C16H16ClNO4. The first-order valence-corrected chi connectivity index (χ1v) is 7.32. The minimum absolute atomic E-state index is 0.168. The minimum atomic E-state index is -0.925. The number of hydrogen-bond acceptors (Lipinski definition) is 4. The minimum Gasteiger partial charge on any atom is -0.481 e. The number of benzene rings is 1. The molecule has 22 heavy (non-hydrogen) atoms. The molecule has 1 aliphatic carbocycles. The van der Waals surface area contributed by atoms with Crippen LogP contribution >= 0.6 is 11.6 Å². The lowest BCUT2D eigenvalue weighted by Crippen LogP contribution is -2.32. The van der Waals surface area contributed by atoms with Crippen LogP contribution in [0.4, 0.5) is 0 Å². The van der Waals surface area contributed by atoms with Gasteiger partial charge in [0.05, 0.1) is 22.6 Å². The first kappa shape index (κ1) is 15.1. The maximum atomic E-state index is 12.9.